The van der Waals surface area contributed by atoms with Crippen LogP contribution in [-0.4, -0.2) is 44.2 Å². The van der Waals surface area contributed by atoms with Gasteiger partial charge < -0.3 is 10.4 Å². The van der Waals surface area contributed by atoms with Crippen LogP contribution in [0.2, 0.25) is 0 Å². The van der Waals surface area contributed by atoms with Crippen LogP contribution in [0.4, 0.5) is 0 Å². The standard InChI is InChI=1S/C9H17NO3S/c11-6-2-1-5-10-9-4-3-7-14(12,13)8-9/h1-2,9-11H,3-8H2/b2-1+. The molecule has 1 heterocycles. The van der Waals surface area contributed by atoms with Crippen LogP contribution in [-0.2, 0) is 9.84 Å². The zero-order chi connectivity index (χ0) is 10.4. The molecule has 0 aromatic rings. The van der Waals surface area contributed by atoms with Gasteiger partial charge in [-0.2, -0.15) is 0 Å². The quantitative estimate of drug-likeness (QED) is 0.637. The maximum Gasteiger partial charge on any atom is 0.151 e. The first-order chi connectivity index (χ1) is 6.64. The van der Waals surface area contributed by atoms with E-state index in [4.69, 9.17) is 5.11 Å². The molecule has 1 saturated heterocycles. The van der Waals surface area contributed by atoms with Crippen molar-refractivity contribution in [2.24, 2.45) is 0 Å². The molecule has 82 valence electrons. The van der Waals surface area contributed by atoms with Gasteiger partial charge in [0.05, 0.1) is 18.1 Å². The van der Waals surface area contributed by atoms with E-state index < -0.39 is 9.84 Å². The Labute approximate surface area is 84.9 Å². The molecule has 5 heteroatoms. The van der Waals surface area contributed by atoms with E-state index in [1.165, 1.54) is 0 Å². The van der Waals surface area contributed by atoms with Gasteiger partial charge in [0.1, 0.15) is 0 Å². The fraction of sp³-hybridized carbons (Fsp3) is 0.778. The van der Waals surface area contributed by atoms with Crippen LogP contribution in [0.5, 0.6) is 0 Å². The molecule has 0 aliphatic carbocycles. The third-order valence-electron chi connectivity index (χ3n) is 2.26. The molecule has 1 aliphatic heterocycles. The van der Waals surface area contributed by atoms with Gasteiger partial charge in [-0.1, -0.05) is 12.2 Å². The number of hydrogen-bond acceptors (Lipinski definition) is 4. The zero-order valence-electron chi connectivity index (χ0n) is 8.15. The molecular weight excluding hydrogens is 202 g/mol. The predicted molar refractivity (Wildman–Crippen MR) is 55.9 cm³/mol. The van der Waals surface area contributed by atoms with Gasteiger partial charge in [-0.25, -0.2) is 8.42 Å². The van der Waals surface area contributed by atoms with Gasteiger partial charge in [-0.3, -0.25) is 0 Å². The molecule has 0 spiro atoms. The topological polar surface area (TPSA) is 66.4 Å². The van der Waals surface area contributed by atoms with Crippen LogP contribution >= 0.6 is 0 Å². The summed E-state index contributed by atoms with van der Waals surface area (Å²) in [5.41, 5.74) is 0. The molecule has 1 unspecified atom stereocenters. The summed E-state index contributed by atoms with van der Waals surface area (Å²) in [7, 11) is -2.81. The summed E-state index contributed by atoms with van der Waals surface area (Å²) in [5, 5.41) is 11.6. The van der Waals surface area contributed by atoms with Crippen molar-refractivity contribution in [2.75, 3.05) is 24.7 Å². The summed E-state index contributed by atoms with van der Waals surface area (Å²) in [4.78, 5) is 0. The highest BCUT2D eigenvalue weighted by Gasteiger charge is 2.23. The van der Waals surface area contributed by atoms with Gasteiger partial charge >= 0.3 is 0 Å². The second-order valence-electron chi connectivity index (χ2n) is 3.52. The number of aliphatic hydroxyl groups is 1. The minimum atomic E-state index is -2.81. The van der Waals surface area contributed by atoms with Crippen LogP contribution in [0, 0.1) is 0 Å². The number of nitrogens with one attached hydrogen (secondary N) is 1. The monoisotopic (exact) mass is 219 g/mol. The van der Waals surface area contributed by atoms with Crippen molar-refractivity contribution in [1.29, 1.82) is 0 Å². The van der Waals surface area contributed by atoms with Crippen molar-refractivity contribution in [3.05, 3.63) is 12.2 Å². The van der Waals surface area contributed by atoms with Crippen LogP contribution in [0.1, 0.15) is 12.8 Å². The lowest BCUT2D eigenvalue weighted by Gasteiger charge is -2.22. The highest BCUT2D eigenvalue weighted by atomic mass is 32.2. The van der Waals surface area contributed by atoms with E-state index in [1.807, 2.05) is 0 Å². The molecule has 0 aromatic carbocycles. The van der Waals surface area contributed by atoms with E-state index in [0.717, 1.165) is 12.8 Å². The number of hydrogen-bond donors (Lipinski definition) is 2. The SMILES string of the molecule is O=S1(=O)CCCC(NC/C=C/CO)C1. The Morgan fingerprint density at radius 1 is 1.43 bits per heavy atom. The van der Waals surface area contributed by atoms with Crippen molar-refractivity contribution >= 4 is 9.84 Å². The maximum atomic E-state index is 11.3. The minimum absolute atomic E-state index is 0.0324. The normalized spacial score (nSPS) is 26.8. The predicted octanol–water partition coefficient (Wildman–Crippen LogP) is -0.298. The summed E-state index contributed by atoms with van der Waals surface area (Å²) in [6.45, 7) is 0.658. The maximum absolute atomic E-state index is 11.3. The van der Waals surface area contributed by atoms with E-state index in [0.29, 0.717) is 12.3 Å². The van der Waals surface area contributed by atoms with E-state index in [1.54, 1.807) is 12.2 Å². The lowest BCUT2D eigenvalue weighted by atomic mass is 10.2. The third kappa shape index (κ3) is 4.21. The number of rotatable bonds is 4. The van der Waals surface area contributed by atoms with E-state index in [-0.39, 0.29) is 18.4 Å². The second-order valence-corrected chi connectivity index (χ2v) is 5.74. The highest BCUT2D eigenvalue weighted by molar-refractivity contribution is 7.91. The summed E-state index contributed by atoms with van der Waals surface area (Å²) in [6.07, 6.45) is 5.13. The van der Waals surface area contributed by atoms with Crippen molar-refractivity contribution in [3.8, 4) is 0 Å². The van der Waals surface area contributed by atoms with Gasteiger partial charge in [-0.15, -0.1) is 0 Å². The van der Waals surface area contributed by atoms with E-state index in [9.17, 15) is 8.42 Å². The molecule has 0 saturated carbocycles. The van der Waals surface area contributed by atoms with Crippen LogP contribution < -0.4 is 5.32 Å². The van der Waals surface area contributed by atoms with Crippen LogP contribution in [0.15, 0.2) is 12.2 Å². The lowest BCUT2D eigenvalue weighted by molar-refractivity contribution is 0.342. The average Bonchev–Trinajstić information content (AvgIpc) is 2.11. The van der Waals surface area contributed by atoms with Crippen LogP contribution in [0.3, 0.4) is 0 Å². The fourth-order valence-corrected chi connectivity index (χ4v) is 3.25. The molecular formula is C9H17NO3S. The fourth-order valence-electron chi connectivity index (χ4n) is 1.58. The van der Waals surface area contributed by atoms with E-state index >= 15 is 0 Å². The summed E-state index contributed by atoms with van der Waals surface area (Å²) in [5.74, 6) is 0.581. The lowest BCUT2D eigenvalue weighted by Crippen LogP contribution is -2.40. The molecule has 0 bridgehead atoms. The summed E-state index contributed by atoms with van der Waals surface area (Å²) < 4.78 is 22.5. The Kier molecular flexibility index (Phi) is 4.57. The Hall–Kier alpha value is -0.390. The van der Waals surface area contributed by atoms with Gasteiger partial charge in [-0.05, 0) is 12.8 Å². The van der Waals surface area contributed by atoms with Gasteiger partial charge in [0.15, 0.2) is 9.84 Å². The molecule has 1 aliphatic rings. The van der Waals surface area contributed by atoms with Gasteiger partial charge in [0.25, 0.3) is 0 Å². The Bertz CT molecular complexity index is 284. The molecule has 1 rings (SSSR count). The molecule has 0 amide bonds. The molecule has 2 N–H and O–H groups in total. The van der Waals surface area contributed by atoms with Crippen molar-refractivity contribution in [2.45, 2.75) is 18.9 Å². The Morgan fingerprint density at radius 3 is 2.86 bits per heavy atom. The van der Waals surface area contributed by atoms with Gasteiger partial charge in [0.2, 0.25) is 0 Å². The molecule has 14 heavy (non-hydrogen) atoms. The van der Waals surface area contributed by atoms with Crippen molar-refractivity contribution in [1.82, 2.24) is 5.32 Å². The number of sulfone groups is 1. The smallest absolute Gasteiger partial charge is 0.151 e. The van der Waals surface area contributed by atoms with E-state index in [2.05, 4.69) is 5.32 Å². The first-order valence-corrected chi connectivity index (χ1v) is 6.66. The van der Waals surface area contributed by atoms with Crippen molar-refractivity contribution in [3.63, 3.8) is 0 Å². The number of aliphatic hydroxyl groups excluding tert-OH is 1. The molecule has 0 radical (unpaired) electrons. The zero-order valence-corrected chi connectivity index (χ0v) is 8.96. The minimum Gasteiger partial charge on any atom is -0.392 e. The second kappa shape index (κ2) is 5.48. The summed E-state index contributed by atoms with van der Waals surface area (Å²) >= 11 is 0. The van der Waals surface area contributed by atoms with Crippen LogP contribution in [0.25, 0.3) is 0 Å². The molecule has 1 fully saturated rings. The third-order valence-corrected chi connectivity index (χ3v) is 4.08. The highest BCUT2D eigenvalue weighted by Crippen LogP contribution is 2.11. The molecule has 4 nitrogen and oxygen atoms in total. The molecule has 0 aromatic heterocycles. The molecule has 1 atom stereocenters. The summed E-state index contributed by atoms with van der Waals surface area (Å²) in [6, 6.07) is 0.0806. The van der Waals surface area contributed by atoms with Crippen molar-refractivity contribution < 1.29 is 13.5 Å². The first kappa shape index (κ1) is 11.7. The Morgan fingerprint density at radius 2 is 2.21 bits per heavy atom. The first-order valence-electron chi connectivity index (χ1n) is 4.84. The Balaban J connectivity index is 2.28. The van der Waals surface area contributed by atoms with Gasteiger partial charge in [0, 0.05) is 12.6 Å². The average molecular weight is 219 g/mol. The largest absolute Gasteiger partial charge is 0.392 e.